The fourth-order valence-electron chi connectivity index (χ4n) is 2.80. The van der Waals surface area contributed by atoms with E-state index in [0.29, 0.717) is 17.5 Å². The molecule has 0 radical (unpaired) electrons. The van der Waals surface area contributed by atoms with Crippen molar-refractivity contribution in [3.63, 3.8) is 0 Å². The summed E-state index contributed by atoms with van der Waals surface area (Å²) in [6.45, 7) is 13.1. The second-order valence-electron chi connectivity index (χ2n) is 7.26. The summed E-state index contributed by atoms with van der Waals surface area (Å²) in [6.07, 6.45) is 5.88. The van der Waals surface area contributed by atoms with Crippen molar-refractivity contribution in [1.29, 1.82) is 0 Å². The van der Waals surface area contributed by atoms with Crippen LogP contribution in [0.25, 0.3) is 0 Å². The van der Waals surface area contributed by atoms with Crippen molar-refractivity contribution in [3.05, 3.63) is 0 Å². The van der Waals surface area contributed by atoms with Gasteiger partial charge in [0.2, 0.25) is 0 Å². The van der Waals surface area contributed by atoms with Gasteiger partial charge in [0, 0.05) is 25.2 Å². The zero-order valence-electron chi connectivity index (χ0n) is 12.1. The van der Waals surface area contributed by atoms with Crippen LogP contribution in [0.5, 0.6) is 0 Å². The molecule has 2 atom stereocenters. The van der Waals surface area contributed by atoms with E-state index in [4.69, 9.17) is 0 Å². The predicted molar refractivity (Wildman–Crippen MR) is 74.2 cm³/mol. The molecule has 1 N–H and O–H groups in total. The van der Waals surface area contributed by atoms with E-state index in [-0.39, 0.29) is 0 Å². The van der Waals surface area contributed by atoms with Crippen molar-refractivity contribution in [2.75, 3.05) is 19.6 Å². The zero-order chi connectivity index (χ0) is 12.5. The fraction of sp³-hybridized carbons (Fsp3) is 1.00. The Morgan fingerprint density at radius 3 is 2.53 bits per heavy atom. The summed E-state index contributed by atoms with van der Waals surface area (Å²) in [7, 11) is 0. The minimum atomic E-state index is 0.384. The van der Waals surface area contributed by atoms with Crippen molar-refractivity contribution in [2.24, 2.45) is 11.3 Å². The van der Waals surface area contributed by atoms with Gasteiger partial charge in [-0.2, -0.15) is 0 Å². The van der Waals surface area contributed by atoms with Crippen molar-refractivity contribution in [1.82, 2.24) is 10.2 Å². The normalized spacial score (nSPS) is 31.8. The standard InChI is InChI=1S/C15H30N2/c1-12-10-16-14(15(2,3)4)11-17(12)9-5-6-13-7-8-13/h12-14,16H,5-11H2,1-4H3. The first-order valence-electron chi connectivity index (χ1n) is 7.44. The molecule has 1 saturated carbocycles. The molecule has 0 spiro atoms. The van der Waals surface area contributed by atoms with Crippen LogP contribution in [0.1, 0.15) is 53.4 Å². The van der Waals surface area contributed by atoms with Crippen LogP contribution in [0.2, 0.25) is 0 Å². The van der Waals surface area contributed by atoms with E-state index in [1.165, 1.54) is 38.8 Å². The van der Waals surface area contributed by atoms with Crippen LogP contribution in [0.15, 0.2) is 0 Å². The van der Waals surface area contributed by atoms with Gasteiger partial charge < -0.3 is 5.32 Å². The molecule has 2 unspecified atom stereocenters. The number of piperazine rings is 1. The molecule has 2 rings (SSSR count). The van der Waals surface area contributed by atoms with Crippen LogP contribution in [0.4, 0.5) is 0 Å². The molecule has 2 heteroatoms. The number of hydrogen-bond acceptors (Lipinski definition) is 2. The molecule has 2 aliphatic rings. The van der Waals surface area contributed by atoms with Crippen LogP contribution in [0, 0.1) is 11.3 Å². The SMILES string of the molecule is CC1CNC(C(C)(C)C)CN1CCCC1CC1. The Labute approximate surface area is 107 Å². The minimum Gasteiger partial charge on any atom is -0.311 e. The lowest BCUT2D eigenvalue weighted by Gasteiger charge is -2.44. The maximum atomic E-state index is 3.71. The largest absolute Gasteiger partial charge is 0.311 e. The van der Waals surface area contributed by atoms with E-state index in [1.807, 2.05) is 0 Å². The highest BCUT2D eigenvalue weighted by Crippen LogP contribution is 2.33. The van der Waals surface area contributed by atoms with Crippen LogP contribution < -0.4 is 5.32 Å². The third-order valence-corrected chi connectivity index (χ3v) is 4.50. The molecule has 100 valence electrons. The average Bonchev–Trinajstić information content (AvgIpc) is 3.03. The Hall–Kier alpha value is -0.0800. The van der Waals surface area contributed by atoms with E-state index >= 15 is 0 Å². The Bertz CT molecular complexity index is 240. The first kappa shape index (κ1) is 13.4. The Balaban J connectivity index is 1.77. The molecule has 2 fully saturated rings. The molecule has 1 aliphatic carbocycles. The monoisotopic (exact) mass is 238 g/mol. The van der Waals surface area contributed by atoms with Crippen LogP contribution in [-0.2, 0) is 0 Å². The molecule has 1 saturated heterocycles. The van der Waals surface area contributed by atoms with Crippen molar-refractivity contribution >= 4 is 0 Å². The minimum absolute atomic E-state index is 0.384. The van der Waals surface area contributed by atoms with E-state index in [1.54, 1.807) is 0 Å². The van der Waals surface area contributed by atoms with Gasteiger partial charge in [-0.25, -0.2) is 0 Å². The summed E-state index contributed by atoms with van der Waals surface area (Å²) in [5, 5.41) is 3.71. The molecule has 1 aliphatic heterocycles. The topological polar surface area (TPSA) is 15.3 Å². The molecular weight excluding hydrogens is 208 g/mol. The molecular formula is C15H30N2. The van der Waals surface area contributed by atoms with Gasteiger partial charge in [-0.05, 0) is 37.6 Å². The highest BCUT2D eigenvalue weighted by molar-refractivity contribution is 4.90. The maximum Gasteiger partial charge on any atom is 0.0244 e. The van der Waals surface area contributed by atoms with Gasteiger partial charge in [-0.1, -0.05) is 33.6 Å². The number of hydrogen-bond donors (Lipinski definition) is 1. The smallest absolute Gasteiger partial charge is 0.0244 e. The summed E-state index contributed by atoms with van der Waals surface area (Å²) >= 11 is 0. The quantitative estimate of drug-likeness (QED) is 0.810. The Morgan fingerprint density at radius 1 is 1.24 bits per heavy atom. The lowest BCUT2D eigenvalue weighted by atomic mass is 9.84. The van der Waals surface area contributed by atoms with Gasteiger partial charge in [0.25, 0.3) is 0 Å². The highest BCUT2D eigenvalue weighted by atomic mass is 15.2. The number of nitrogens with one attached hydrogen (secondary N) is 1. The Morgan fingerprint density at radius 2 is 1.94 bits per heavy atom. The van der Waals surface area contributed by atoms with E-state index < -0.39 is 0 Å². The van der Waals surface area contributed by atoms with Crippen LogP contribution >= 0.6 is 0 Å². The molecule has 0 bridgehead atoms. The molecule has 2 nitrogen and oxygen atoms in total. The van der Waals surface area contributed by atoms with Crippen molar-refractivity contribution in [2.45, 2.75) is 65.5 Å². The van der Waals surface area contributed by atoms with Crippen molar-refractivity contribution < 1.29 is 0 Å². The molecule has 0 amide bonds. The molecule has 1 heterocycles. The highest BCUT2D eigenvalue weighted by Gasteiger charge is 2.32. The van der Waals surface area contributed by atoms with Gasteiger partial charge in [-0.3, -0.25) is 4.90 Å². The molecule has 0 aromatic heterocycles. The number of nitrogens with zero attached hydrogens (tertiary/aromatic N) is 1. The summed E-state index contributed by atoms with van der Waals surface area (Å²) in [4.78, 5) is 2.70. The van der Waals surface area contributed by atoms with Gasteiger partial charge >= 0.3 is 0 Å². The maximum absolute atomic E-state index is 3.71. The second kappa shape index (κ2) is 5.27. The predicted octanol–water partition coefficient (Wildman–Crippen LogP) is 2.89. The van der Waals surface area contributed by atoms with E-state index in [2.05, 4.69) is 37.9 Å². The van der Waals surface area contributed by atoms with Crippen LogP contribution in [0.3, 0.4) is 0 Å². The molecule has 17 heavy (non-hydrogen) atoms. The second-order valence-corrected chi connectivity index (χ2v) is 7.26. The molecule has 0 aromatic rings. The average molecular weight is 238 g/mol. The van der Waals surface area contributed by atoms with Crippen molar-refractivity contribution in [3.8, 4) is 0 Å². The first-order chi connectivity index (χ1) is 7.97. The third-order valence-electron chi connectivity index (χ3n) is 4.50. The summed E-state index contributed by atoms with van der Waals surface area (Å²) in [5.41, 5.74) is 0.384. The number of rotatable bonds is 4. The van der Waals surface area contributed by atoms with Gasteiger partial charge in [0.1, 0.15) is 0 Å². The Kier molecular flexibility index (Phi) is 4.14. The fourth-order valence-corrected chi connectivity index (χ4v) is 2.80. The summed E-state index contributed by atoms with van der Waals surface area (Å²) < 4.78 is 0. The van der Waals surface area contributed by atoms with Gasteiger partial charge in [0.15, 0.2) is 0 Å². The summed E-state index contributed by atoms with van der Waals surface area (Å²) in [6, 6.07) is 1.37. The van der Waals surface area contributed by atoms with Gasteiger partial charge in [-0.15, -0.1) is 0 Å². The van der Waals surface area contributed by atoms with Crippen LogP contribution in [-0.4, -0.2) is 36.6 Å². The third kappa shape index (κ3) is 3.96. The lowest BCUT2D eigenvalue weighted by molar-refractivity contribution is 0.0919. The first-order valence-corrected chi connectivity index (χ1v) is 7.44. The molecule has 0 aromatic carbocycles. The van der Waals surface area contributed by atoms with E-state index in [0.717, 1.165) is 12.5 Å². The van der Waals surface area contributed by atoms with Gasteiger partial charge in [0.05, 0.1) is 0 Å². The van der Waals surface area contributed by atoms with E-state index in [9.17, 15) is 0 Å². The lowest BCUT2D eigenvalue weighted by Crippen LogP contribution is -2.59. The zero-order valence-corrected chi connectivity index (χ0v) is 12.1. The summed E-state index contributed by atoms with van der Waals surface area (Å²) in [5.74, 6) is 1.09.